The molecule has 0 aromatic heterocycles. The van der Waals surface area contributed by atoms with Crippen molar-refractivity contribution in [3.05, 3.63) is 76.9 Å². The number of fused-ring (bicyclic) bond motifs is 1. The molecule has 1 aliphatic rings. The van der Waals surface area contributed by atoms with Gasteiger partial charge in [-0.25, -0.2) is 0 Å². The van der Waals surface area contributed by atoms with E-state index >= 15 is 0 Å². The third kappa shape index (κ3) is 5.63. The van der Waals surface area contributed by atoms with Crippen LogP contribution in [0.15, 0.2) is 54.6 Å². The number of amides is 1. The summed E-state index contributed by atoms with van der Waals surface area (Å²) >= 11 is 0. The fraction of sp³-hybridized carbons (Fsp3) is 0.333. The molecule has 1 N–H and O–H groups in total. The van der Waals surface area contributed by atoms with Crippen molar-refractivity contribution >= 4 is 17.6 Å². The second-order valence-electron chi connectivity index (χ2n) is 9.03. The zero-order valence-corrected chi connectivity index (χ0v) is 22.7. The van der Waals surface area contributed by atoms with Crippen molar-refractivity contribution in [3.63, 3.8) is 0 Å². The summed E-state index contributed by atoms with van der Waals surface area (Å²) in [6.07, 6.45) is -1.81. The number of hydrogen-bond acceptors (Lipinski definition) is 7. The van der Waals surface area contributed by atoms with Gasteiger partial charge in [-0.2, -0.15) is 0 Å². The maximum absolute atomic E-state index is 14.0. The number of rotatable bonds is 10. The summed E-state index contributed by atoms with van der Waals surface area (Å²) in [6.45, 7) is 2.17. The summed E-state index contributed by atoms with van der Waals surface area (Å²) < 4.78 is 28.5. The third-order valence-electron chi connectivity index (χ3n) is 6.81. The minimum absolute atomic E-state index is 0.131. The van der Waals surface area contributed by atoms with Crippen molar-refractivity contribution in [1.29, 1.82) is 0 Å². The first-order valence-corrected chi connectivity index (χ1v) is 12.6. The maximum Gasteiger partial charge on any atom is 0.306 e. The lowest BCUT2D eigenvalue weighted by Crippen LogP contribution is -2.40. The first-order valence-electron chi connectivity index (χ1n) is 12.6. The lowest BCUT2D eigenvalue weighted by molar-refractivity contribution is -0.147. The number of nitrogens with zero attached hydrogens (tertiary/aromatic N) is 1. The molecule has 0 bridgehead atoms. The fourth-order valence-corrected chi connectivity index (χ4v) is 4.84. The Bertz CT molecular complexity index is 1350. The van der Waals surface area contributed by atoms with Crippen LogP contribution in [0.25, 0.3) is 0 Å². The number of anilines is 1. The zero-order valence-electron chi connectivity index (χ0n) is 22.7. The van der Waals surface area contributed by atoms with Crippen LogP contribution in [0, 0.1) is 0 Å². The van der Waals surface area contributed by atoms with Crippen LogP contribution in [0.5, 0.6) is 23.0 Å². The van der Waals surface area contributed by atoms with Crippen molar-refractivity contribution in [3.8, 4) is 23.0 Å². The number of aryl methyl sites for hydroxylation is 1. The van der Waals surface area contributed by atoms with Crippen LogP contribution in [-0.2, 0) is 27.3 Å². The number of benzene rings is 3. The molecule has 1 amide bonds. The van der Waals surface area contributed by atoms with Crippen molar-refractivity contribution in [2.45, 2.75) is 38.5 Å². The Labute approximate surface area is 227 Å². The highest BCUT2D eigenvalue weighted by molar-refractivity contribution is 5.99. The van der Waals surface area contributed by atoms with Gasteiger partial charge in [0.15, 0.2) is 11.5 Å². The lowest BCUT2D eigenvalue weighted by Gasteiger charge is -2.26. The molecule has 0 saturated heterocycles. The van der Waals surface area contributed by atoms with Crippen LogP contribution < -0.4 is 23.8 Å². The molecule has 0 spiro atoms. The van der Waals surface area contributed by atoms with Crippen LogP contribution in [0.4, 0.5) is 5.69 Å². The molecule has 0 unspecified atom stereocenters. The Morgan fingerprint density at radius 3 is 2.33 bits per heavy atom. The SMILES string of the molecule is CCc1ccc2c(c1)[C@@H](c1cccc(OC)c1OC)O[C@H](CC(=O)O)C(=O)N2Cc1ccc(OC)cc1OC. The van der Waals surface area contributed by atoms with E-state index in [0.717, 1.165) is 23.1 Å². The van der Waals surface area contributed by atoms with Gasteiger partial charge in [0.25, 0.3) is 5.91 Å². The summed E-state index contributed by atoms with van der Waals surface area (Å²) in [5.74, 6) is 0.488. The Balaban J connectivity index is 1.93. The van der Waals surface area contributed by atoms with Gasteiger partial charge >= 0.3 is 5.97 Å². The molecule has 9 nitrogen and oxygen atoms in total. The first-order chi connectivity index (χ1) is 18.8. The van der Waals surface area contributed by atoms with E-state index in [1.165, 1.54) is 7.11 Å². The molecule has 2 atom stereocenters. The topological polar surface area (TPSA) is 104 Å². The van der Waals surface area contributed by atoms with E-state index in [1.807, 2.05) is 43.3 Å². The van der Waals surface area contributed by atoms with Gasteiger partial charge in [-0.05, 0) is 36.2 Å². The Hall–Kier alpha value is -4.24. The maximum atomic E-state index is 14.0. The minimum atomic E-state index is -1.26. The van der Waals surface area contributed by atoms with E-state index in [2.05, 4.69) is 0 Å². The molecular formula is C30H33NO8. The summed E-state index contributed by atoms with van der Waals surface area (Å²) in [4.78, 5) is 27.4. The number of aliphatic carboxylic acids is 1. The quantitative estimate of drug-likeness (QED) is 0.396. The van der Waals surface area contributed by atoms with Gasteiger partial charge in [-0.15, -0.1) is 0 Å². The lowest BCUT2D eigenvalue weighted by atomic mass is 9.95. The van der Waals surface area contributed by atoms with Gasteiger partial charge in [0, 0.05) is 22.8 Å². The van der Waals surface area contributed by atoms with E-state index in [-0.39, 0.29) is 6.54 Å². The van der Waals surface area contributed by atoms with Gasteiger partial charge < -0.3 is 33.7 Å². The summed E-state index contributed by atoms with van der Waals surface area (Å²) in [7, 11) is 6.18. The molecule has 1 aliphatic heterocycles. The molecule has 9 heteroatoms. The third-order valence-corrected chi connectivity index (χ3v) is 6.81. The van der Waals surface area contributed by atoms with Gasteiger partial charge in [-0.3, -0.25) is 9.59 Å². The summed E-state index contributed by atoms with van der Waals surface area (Å²) in [6, 6.07) is 16.6. The largest absolute Gasteiger partial charge is 0.497 e. The second kappa shape index (κ2) is 12.1. The Morgan fingerprint density at radius 1 is 0.923 bits per heavy atom. The average Bonchev–Trinajstić information content (AvgIpc) is 3.06. The fourth-order valence-electron chi connectivity index (χ4n) is 4.84. The van der Waals surface area contributed by atoms with E-state index in [1.54, 1.807) is 44.4 Å². The molecule has 4 rings (SSSR count). The number of carboxylic acid groups (broad SMARTS) is 1. The van der Waals surface area contributed by atoms with Crippen molar-refractivity contribution in [2.75, 3.05) is 33.3 Å². The zero-order chi connectivity index (χ0) is 28.1. The molecule has 0 fully saturated rings. The van der Waals surface area contributed by atoms with E-state index in [9.17, 15) is 14.7 Å². The van der Waals surface area contributed by atoms with Gasteiger partial charge in [0.05, 0.1) is 47.1 Å². The van der Waals surface area contributed by atoms with E-state index in [0.29, 0.717) is 34.2 Å². The standard InChI is InChI=1S/C30H33NO8/c1-6-18-10-13-23-22(14-18)28(21-8-7-9-24(36-3)29(21)38-5)39-26(16-27(32)33)30(34)31(23)17-19-11-12-20(35-2)15-25(19)37-4/h7-15,26,28H,6,16-17H2,1-5H3,(H,32,33)/t26-,28-/m1/s1. The van der Waals surface area contributed by atoms with Crippen molar-refractivity contribution in [2.24, 2.45) is 0 Å². The molecule has 0 radical (unpaired) electrons. The highest BCUT2D eigenvalue weighted by Crippen LogP contribution is 2.45. The van der Waals surface area contributed by atoms with Crippen LogP contribution in [-0.4, -0.2) is 51.5 Å². The van der Waals surface area contributed by atoms with Gasteiger partial charge in [0.2, 0.25) is 0 Å². The van der Waals surface area contributed by atoms with Crippen molar-refractivity contribution in [1.82, 2.24) is 0 Å². The van der Waals surface area contributed by atoms with Crippen LogP contribution in [0.1, 0.15) is 41.7 Å². The molecule has 206 valence electrons. The van der Waals surface area contributed by atoms with Crippen molar-refractivity contribution < 1.29 is 38.4 Å². The number of carbonyl (C=O) groups is 2. The number of carbonyl (C=O) groups excluding carboxylic acids is 1. The molecule has 3 aromatic rings. The first kappa shape index (κ1) is 27.8. The number of hydrogen-bond donors (Lipinski definition) is 1. The predicted molar refractivity (Wildman–Crippen MR) is 145 cm³/mol. The molecular weight excluding hydrogens is 502 g/mol. The van der Waals surface area contributed by atoms with Gasteiger partial charge in [-0.1, -0.05) is 31.2 Å². The summed E-state index contributed by atoms with van der Waals surface area (Å²) in [5, 5.41) is 9.70. The molecule has 39 heavy (non-hydrogen) atoms. The van der Waals surface area contributed by atoms with E-state index < -0.39 is 30.5 Å². The number of methoxy groups -OCH3 is 4. The highest BCUT2D eigenvalue weighted by atomic mass is 16.5. The normalized spacial score (nSPS) is 16.7. The monoisotopic (exact) mass is 535 g/mol. The summed E-state index contributed by atoms with van der Waals surface area (Å²) in [5.41, 5.74) is 3.71. The molecule has 0 aliphatic carbocycles. The van der Waals surface area contributed by atoms with E-state index in [4.69, 9.17) is 23.7 Å². The highest BCUT2D eigenvalue weighted by Gasteiger charge is 2.39. The number of ether oxygens (including phenoxy) is 5. The molecule has 3 aromatic carbocycles. The molecule has 0 saturated carbocycles. The predicted octanol–water partition coefficient (Wildman–Crippen LogP) is 4.78. The number of carboxylic acids is 1. The van der Waals surface area contributed by atoms with Crippen LogP contribution in [0.3, 0.4) is 0 Å². The van der Waals surface area contributed by atoms with Crippen LogP contribution in [0.2, 0.25) is 0 Å². The molecule has 1 heterocycles. The van der Waals surface area contributed by atoms with Crippen LogP contribution >= 0.6 is 0 Å². The second-order valence-corrected chi connectivity index (χ2v) is 9.03. The Kier molecular flexibility index (Phi) is 8.61. The van der Waals surface area contributed by atoms with Gasteiger partial charge in [0.1, 0.15) is 23.7 Å². The Morgan fingerprint density at radius 2 is 1.69 bits per heavy atom. The number of para-hydroxylation sites is 1. The average molecular weight is 536 g/mol. The smallest absolute Gasteiger partial charge is 0.306 e. The minimum Gasteiger partial charge on any atom is -0.497 e.